The van der Waals surface area contributed by atoms with Crippen molar-refractivity contribution < 1.29 is 18.7 Å². The average Bonchev–Trinajstić information content (AvgIpc) is 2.89. The van der Waals surface area contributed by atoms with Gasteiger partial charge in [0, 0.05) is 25.4 Å². The first-order chi connectivity index (χ1) is 17.0. The lowest BCUT2D eigenvalue weighted by Gasteiger charge is -2.17. The lowest BCUT2D eigenvalue weighted by atomic mass is 10.1. The van der Waals surface area contributed by atoms with Gasteiger partial charge in [0.15, 0.2) is 23.2 Å². The van der Waals surface area contributed by atoms with Crippen LogP contribution in [-0.2, 0) is 0 Å². The first kappa shape index (κ1) is 23.3. The molecule has 12 heteroatoms. The molecule has 3 aromatic heterocycles. The molecule has 0 bridgehead atoms. The highest BCUT2D eigenvalue weighted by Crippen LogP contribution is 2.37. The van der Waals surface area contributed by atoms with Crippen molar-refractivity contribution >= 4 is 28.9 Å². The van der Waals surface area contributed by atoms with E-state index in [0.29, 0.717) is 45.8 Å². The minimum Gasteiger partial charge on any atom is -0.494 e. The molecule has 3 heterocycles. The molecule has 0 saturated heterocycles. The average molecular weight is 476 g/mol. The highest BCUT2D eigenvalue weighted by molar-refractivity contribution is 6.00. The Morgan fingerprint density at radius 2 is 1.69 bits per heavy atom. The van der Waals surface area contributed by atoms with Gasteiger partial charge in [-0.15, -0.1) is 10.2 Å². The predicted octanol–water partition coefficient (Wildman–Crippen LogP) is 3.33. The maximum absolute atomic E-state index is 13.3. The summed E-state index contributed by atoms with van der Waals surface area (Å²) in [5.41, 5.74) is 1.81. The van der Waals surface area contributed by atoms with Crippen molar-refractivity contribution in [1.82, 2.24) is 30.5 Å². The van der Waals surface area contributed by atoms with Crippen molar-refractivity contribution in [2.24, 2.45) is 0 Å². The summed E-state index contributed by atoms with van der Waals surface area (Å²) in [4.78, 5) is 24.9. The van der Waals surface area contributed by atoms with Crippen LogP contribution in [0.4, 0.5) is 27.4 Å². The van der Waals surface area contributed by atoms with E-state index in [1.165, 1.54) is 27.5 Å². The quantitative estimate of drug-likeness (QED) is 0.347. The maximum atomic E-state index is 13.3. The number of amides is 1. The van der Waals surface area contributed by atoms with Gasteiger partial charge in [0.25, 0.3) is 5.91 Å². The number of ether oxygens (including phenoxy) is 2. The summed E-state index contributed by atoms with van der Waals surface area (Å²) in [6, 6.07) is 10.3. The second-order valence-corrected chi connectivity index (χ2v) is 7.02. The topological polar surface area (TPSA) is 136 Å². The number of hydrogen-bond acceptors (Lipinski definition) is 10. The van der Waals surface area contributed by atoms with E-state index >= 15 is 0 Å². The number of carbonyl (C=O) groups excluding carboxylic acids is 1. The number of anilines is 4. The molecule has 3 N–H and O–H groups in total. The maximum Gasteiger partial charge on any atom is 0.254 e. The largest absolute Gasteiger partial charge is 0.494 e. The highest BCUT2D eigenvalue weighted by atomic mass is 19.1. The van der Waals surface area contributed by atoms with Gasteiger partial charge in [0.05, 0.1) is 49.1 Å². The zero-order valence-electron chi connectivity index (χ0n) is 19.0. The Morgan fingerprint density at radius 1 is 0.886 bits per heavy atom. The molecule has 0 fully saturated rings. The molecule has 35 heavy (non-hydrogen) atoms. The predicted molar refractivity (Wildman–Crippen MR) is 127 cm³/mol. The van der Waals surface area contributed by atoms with Crippen LogP contribution in [0.1, 0.15) is 10.4 Å². The molecular weight excluding hydrogens is 455 g/mol. The molecule has 1 aromatic carbocycles. The molecule has 0 aliphatic rings. The molecule has 178 valence electrons. The molecule has 4 aromatic rings. The Morgan fingerprint density at radius 3 is 2.34 bits per heavy atom. The van der Waals surface area contributed by atoms with E-state index in [1.54, 1.807) is 36.4 Å². The number of nitrogens with one attached hydrogen (secondary N) is 3. The lowest BCUT2D eigenvalue weighted by Crippen LogP contribution is -2.19. The van der Waals surface area contributed by atoms with E-state index in [4.69, 9.17) is 9.47 Å². The number of para-hydroxylation sites is 1. The van der Waals surface area contributed by atoms with Crippen LogP contribution in [0.5, 0.6) is 11.6 Å². The number of methoxy groups -OCH3 is 2. The minimum absolute atomic E-state index is 0.286. The van der Waals surface area contributed by atoms with Crippen molar-refractivity contribution in [2.45, 2.75) is 0 Å². The van der Waals surface area contributed by atoms with Crippen LogP contribution in [-0.4, -0.2) is 52.3 Å². The molecule has 0 atom stereocenters. The Bertz CT molecular complexity index is 1330. The second kappa shape index (κ2) is 10.4. The fourth-order valence-electron chi connectivity index (χ4n) is 3.20. The van der Waals surface area contributed by atoms with Crippen molar-refractivity contribution in [2.75, 3.05) is 31.9 Å². The lowest BCUT2D eigenvalue weighted by molar-refractivity contribution is 0.0963. The zero-order chi connectivity index (χ0) is 24.8. The van der Waals surface area contributed by atoms with Crippen LogP contribution in [0.15, 0.2) is 55.0 Å². The van der Waals surface area contributed by atoms with Gasteiger partial charge in [-0.25, -0.2) is 19.3 Å². The number of benzene rings is 1. The molecule has 0 radical (unpaired) electrons. The van der Waals surface area contributed by atoms with E-state index in [9.17, 15) is 9.18 Å². The van der Waals surface area contributed by atoms with Gasteiger partial charge in [-0.3, -0.25) is 4.79 Å². The SMILES string of the molecule is CNC(=O)c1cnc(Nc2ccc(OC)nn2)cc1Nc1cccc(-c2ncc(F)cn2)c1OC. The number of aromatic nitrogens is 5. The Kier molecular flexibility index (Phi) is 6.91. The molecule has 0 aliphatic carbocycles. The van der Waals surface area contributed by atoms with Gasteiger partial charge in [-0.1, -0.05) is 6.07 Å². The number of hydrogen-bond donors (Lipinski definition) is 3. The Hall–Kier alpha value is -4.87. The first-order valence-corrected chi connectivity index (χ1v) is 10.3. The van der Waals surface area contributed by atoms with Gasteiger partial charge in [0.1, 0.15) is 5.82 Å². The van der Waals surface area contributed by atoms with Crippen LogP contribution in [0.2, 0.25) is 0 Å². The van der Waals surface area contributed by atoms with Crippen molar-refractivity contribution in [3.05, 3.63) is 66.4 Å². The van der Waals surface area contributed by atoms with Crippen LogP contribution < -0.4 is 25.4 Å². The van der Waals surface area contributed by atoms with Crippen LogP contribution >= 0.6 is 0 Å². The summed E-state index contributed by atoms with van der Waals surface area (Å²) in [5, 5.41) is 16.8. The highest BCUT2D eigenvalue weighted by Gasteiger charge is 2.17. The van der Waals surface area contributed by atoms with Crippen molar-refractivity contribution in [3.63, 3.8) is 0 Å². The molecule has 4 rings (SSSR count). The monoisotopic (exact) mass is 476 g/mol. The molecule has 1 amide bonds. The van der Waals surface area contributed by atoms with Gasteiger partial charge in [-0.05, 0) is 18.2 Å². The molecule has 0 unspecified atom stereocenters. The fraction of sp³-hybridized carbons (Fsp3) is 0.130. The molecular formula is C23H21FN8O3. The Balaban J connectivity index is 1.71. The number of rotatable bonds is 8. The zero-order valence-corrected chi connectivity index (χ0v) is 19.0. The van der Waals surface area contributed by atoms with Gasteiger partial charge < -0.3 is 25.4 Å². The summed E-state index contributed by atoms with van der Waals surface area (Å²) in [6.07, 6.45) is 3.59. The Labute approximate surface area is 199 Å². The number of carbonyl (C=O) groups is 1. The fourth-order valence-corrected chi connectivity index (χ4v) is 3.20. The molecule has 0 spiro atoms. The van der Waals surface area contributed by atoms with E-state index in [0.717, 1.165) is 12.4 Å². The molecule has 0 saturated carbocycles. The third-order valence-electron chi connectivity index (χ3n) is 4.83. The first-order valence-electron chi connectivity index (χ1n) is 10.3. The standard InChI is InChI=1S/C23H21FN8O3/c1-25-23(33)15-12-26-19(30-18-7-8-20(34-2)32-31-18)9-17(15)29-16-6-4-5-14(21(16)35-3)22-27-10-13(24)11-28-22/h4-12H,1-3H3,(H,25,33)(H2,26,29,30,31). The third kappa shape index (κ3) is 5.21. The van der Waals surface area contributed by atoms with Crippen molar-refractivity contribution in [1.29, 1.82) is 0 Å². The van der Waals surface area contributed by atoms with Crippen LogP contribution in [0.3, 0.4) is 0 Å². The second-order valence-electron chi connectivity index (χ2n) is 7.02. The normalized spacial score (nSPS) is 10.4. The molecule has 11 nitrogen and oxygen atoms in total. The summed E-state index contributed by atoms with van der Waals surface area (Å²) < 4.78 is 23.9. The van der Waals surface area contributed by atoms with Gasteiger partial charge in [-0.2, -0.15) is 0 Å². The van der Waals surface area contributed by atoms with Crippen LogP contribution in [0.25, 0.3) is 11.4 Å². The van der Waals surface area contributed by atoms with E-state index in [-0.39, 0.29) is 11.7 Å². The van der Waals surface area contributed by atoms with Crippen LogP contribution in [0, 0.1) is 5.82 Å². The van der Waals surface area contributed by atoms with Gasteiger partial charge in [0.2, 0.25) is 5.88 Å². The molecule has 0 aliphatic heterocycles. The van der Waals surface area contributed by atoms with E-state index in [1.807, 2.05) is 0 Å². The minimum atomic E-state index is -0.546. The number of pyridine rings is 1. The number of halogens is 1. The summed E-state index contributed by atoms with van der Waals surface area (Å²) >= 11 is 0. The van der Waals surface area contributed by atoms with E-state index < -0.39 is 5.82 Å². The van der Waals surface area contributed by atoms with Crippen molar-refractivity contribution in [3.8, 4) is 23.0 Å². The summed E-state index contributed by atoms with van der Waals surface area (Å²) in [6.45, 7) is 0. The summed E-state index contributed by atoms with van der Waals surface area (Å²) in [7, 11) is 4.52. The third-order valence-corrected chi connectivity index (χ3v) is 4.83. The smallest absolute Gasteiger partial charge is 0.254 e. The van der Waals surface area contributed by atoms with E-state index in [2.05, 4.69) is 41.1 Å². The summed E-state index contributed by atoms with van der Waals surface area (Å²) in [5.74, 6) is 1.03. The number of nitrogens with zero attached hydrogens (tertiary/aromatic N) is 5. The van der Waals surface area contributed by atoms with Gasteiger partial charge >= 0.3 is 0 Å².